The number of hydrogen-bond donors (Lipinski definition) is 1. The molecule has 1 heterocycles. The summed E-state index contributed by atoms with van der Waals surface area (Å²) in [6, 6.07) is 6.03. The number of piperidine rings is 1. The van der Waals surface area contributed by atoms with Gasteiger partial charge in [0.05, 0.1) is 6.61 Å². The molecule has 0 unspecified atom stereocenters. The predicted octanol–water partition coefficient (Wildman–Crippen LogP) is 3.00. The number of hydrogen-bond acceptors (Lipinski definition) is 4. The van der Waals surface area contributed by atoms with Gasteiger partial charge in [-0.1, -0.05) is 0 Å². The molecule has 0 atom stereocenters. The molecule has 3 nitrogen and oxygen atoms in total. The van der Waals surface area contributed by atoms with Crippen molar-refractivity contribution in [3.8, 4) is 5.75 Å². The molecule has 1 saturated heterocycles. The monoisotopic (exact) mass is 266 g/mol. The summed E-state index contributed by atoms with van der Waals surface area (Å²) in [5, 5.41) is 0.814. The third-order valence-electron chi connectivity index (χ3n) is 3.37. The van der Waals surface area contributed by atoms with E-state index in [1.165, 1.54) is 18.5 Å². The highest BCUT2D eigenvalue weighted by Crippen LogP contribution is 2.29. The first-order valence-corrected chi connectivity index (χ1v) is 7.83. The Morgan fingerprint density at radius 2 is 2.06 bits per heavy atom. The third kappa shape index (κ3) is 3.25. The number of thioether (sulfide) groups is 1. The number of benzene rings is 1. The first-order valence-electron chi connectivity index (χ1n) is 6.54. The Kier molecular flexibility index (Phi) is 4.64. The summed E-state index contributed by atoms with van der Waals surface area (Å²) in [5.41, 5.74) is 7.91. The fourth-order valence-corrected chi connectivity index (χ4v) is 3.07. The summed E-state index contributed by atoms with van der Waals surface area (Å²) in [6.07, 6.45) is 4.70. The molecule has 1 aromatic rings. The van der Waals surface area contributed by atoms with Crippen LogP contribution in [0.5, 0.6) is 5.75 Å². The molecule has 1 aliphatic rings. The van der Waals surface area contributed by atoms with Gasteiger partial charge in [0.1, 0.15) is 5.75 Å². The van der Waals surface area contributed by atoms with Gasteiger partial charge in [-0.3, -0.25) is 0 Å². The molecule has 18 heavy (non-hydrogen) atoms. The molecule has 1 aliphatic heterocycles. The fourth-order valence-electron chi connectivity index (χ4n) is 2.39. The minimum atomic E-state index is 0.678. The van der Waals surface area contributed by atoms with Crippen LogP contribution in [0.1, 0.15) is 19.8 Å². The molecule has 2 rings (SSSR count). The maximum absolute atomic E-state index is 5.94. The lowest BCUT2D eigenvalue weighted by molar-refractivity contribution is 0.340. The Hall–Kier alpha value is -1.03. The summed E-state index contributed by atoms with van der Waals surface area (Å²) in [6.45, 7) is 4.89. The van der Waals surface area contributed by atoms with Crippen molar-refractivity contribution in [3.05, 3.63) is 18.2 Å². The van der Waals surface area contributed by atoms with Crippen LogP contribution in [0.4, 0.5) is 11.4 Å². The van der Waals surface area contributed by atoms with Crippen LogP contribution in [0.15, 0.2) is 18.2 Å². The average molecular weight is 266 g/mol. The topological polar surface area (TPSA) is 38.5 Å². The molecule has 2 N–H and O–H groups in total. The van der Waals surface area contributed by atoms with Crippen LogP contribution in [0.3, 0.4) is 0 Å². The van der Waals surface area contributed by atoms with Crippen LogP contribution in [-0.4, -0.2) is 31.2 Å². The highest BCUT2D eigenvalue weighted by atomic mass is 32.2. The van der Waals surface area contributed by atoms with Crippen molar-refractivity contribution in [2.24, 2.45) is 0 Å². The van der Waals surface area contributed by atoms with Crippen molar-refractivity contribution < 1.29 is 4.74 Å². The lowest BCUT2D eigenvalue weighted by atomic mass is 10.1. The van der Waals surface area contributed by atoms with Crippen LogP contribution in [-0.2, 0) is 0 Å². The van der Waals surface area contributed by atoms with Crippen molar-refractivity contribution in [1.82, 2.24) is 0 Å². The van der Waals surface area contributed by atoms with Crippen molar-refractivity contribution >= 4 is 23.1 Å². The molecule has 4 heteroatoms. The third-order valence-corrected chi connectivity index (χ3v) is 4.50. The molecule has 0 amide bonds. The van der Waals surface area contributed by atoms with Crippen molar-refractivity contribution in [1.29, 1.82) is 0 Å². The lowest BCUT2D eigenvalue weighted by Gasteiger charge is -2.33. The quantitative estimate of drug-likeness (QED) is 0.850. The minimum absolute atomic E-state index is 0.678. The maximum atomic E-state index is 5.94. The van der Waals surface area contributed by atoms with Crippen LogP contribution in [0.2, 0.25) is 0 Å². The number of nitrogen functional groups attached to an aromatic ring is 1. The van der Waals surface area contributed by atoms with Gasteiger partial charge in [-0.2, -0.15) is 11.8 Å². The summed E-state index contributed by atoms with van der Waals surface area (Å²) in [4.78, 5) is 2.41. The van der Waals surface area contributed by atoms with E-state index in [1.54, 1.807) is 0 Å². The number of nitrogens with two attached hydrogens (primary N) is 1. The molecular formula is C14H22N2OS. The molecule has 100 valence electrons. The van der Waals surface area contributed by atoms with Crippen LogP contribution in [0.25, 0.3) is 0 Å². The SMILES string of the molecule is CCOc1cc(N)cc(N2CCC(SC)CC2)c1. The van der Waals surface area contributed by atoms with E-state index >= 15 is 0 Å². The second-order valence-corrected chi connectivity index (χ2v) is 5.75. The molecule has 0 aromatic heterocycles. The van der Waals surface area contributed by atoms with Gasteiger partial charge in [0, 0.05) is 41.8 Å². The molecule has 0 radical (unpaired) electrons. The van der Waals surface area contributed by atoms with Gasteiger partial charge >= 0.3 is 0 Å². The number of ether oxygens (including phenoxy) is 1. The minimum Gasteiger partial charge on any atom is -0.494 e. The van der Waals surface area contributed by atoms with Gasteiger partial charge in [0.15, 0.2) is 0 Å². The highest BCUT2D eigenvalue weighted by Gasteiger charge is 2.19. The maximum Gasteiger partial charge on any atom is 0.123 e. The number of nitrogens with zero attached hydrogens (tertiary/aromatic N) is 1. The highest BCUT2D eigenvalue weighted by molar-refractivity contribution is 7.99. The van der Waals surface area contributed by atoms with E-state index in [4.69, 9.17) is 10.5 Å². The molecule has 1 fully saturated rings. The van der Waals surface area contributed by atoms with Crippen molar-refractivity contribution in [2.45, 2.75) is 25.0 Å². The number of rotatable bonds is 4. The molecule has 0 bridgehead atoms. The Morgan fingerprint density at radius 1 is 1.33 bits per heavy atom. The second kappa shape index (κ2) is 6.23. The molecular weight excluding hydrogens is 244 g/mol. The van der Waals surface area contributed by atoms with Crippen LogP contribution >= 0.6 is 11.8 Å². The van der Waals surface area contributed by atoms with E-state index in [-0.39, 0.29) is 0 Å². The Bertz CT molecular complexity index is 389. The van der Waals surface area contributed by atoms with Gasteiger partial charge in [0.25, 0.3) is 0 Å². The fraction of sp³-hybridized carbons (Fsp3) is 0.571. The summed E-state index contributed by atoms with van der Waals surface area (Å²) in [7, 11) is 0. The Balaban J connectivity index is 2.08. The van der Waals surface area contributed by atoms with Crippen molar-refractivity contribution in [2.75, 3.05) is 36.6 Å². The molecule has 1 aromatic carbocycles. The van der Waals surface area contributed by atoms with E-state index in [0.717, 1.165) is 29.8 Å². The Morgan fingerprint density at radius 3 is 2.67 bits per heavy atom. The summed E-state index contributed by atoms with van der Waals surface area (Å²) in [5.74, 6) is 0.875. The lowest BCUT2D eigenvalue weighted by Crippen LogP contribution is -2.34. The summed E-state index contributed by atoms with van der Waals surface area (Å²) < 4.78 is 5.55. The second-order valence-electron chi connectivity index (χ2n) is 4.62. The van der Waals surface area contributed by atoms with Crippen LogP contribution in [0, 0.1) is 0 Å². The normalized spacial score (nSPS) is 16.9. The van der Waals surface area contributed by atoms with E-state index in [0.29, 0.717) is 6.61 Å². The Labute approximate surface area is 114 Å². The van der Waals surface area contributed by atoms with Crippen molar-refractivity contribution in [3.63, 3.8) is 0 Å². The zero-order valence-corrected chi connectivity index (χ0v) is 12.0. The predicted molar refractivity (Wildman–Crippen MR) is 80.8 cm³/mol. The van der Waals surface area contributed by atoms with Gasteiger partial charge in [-0.25, -0.2) is 0 Å². The average Bonchev–Trinajstić information content (AvgIpc) is 2.38. The van der Waals surface area contributed by atoms with Gasteiger partial charge < -0.3 is 15.4 Å². The molecule has 0 spiro atoms. The smallest absolute Gasteiger partial charge is 0.123 e. The van der Waals surface area contributed by atoms with E-state index in [1.807, 2.05) is 30.8 Å². The van der Waals surface area contributed by atoms with E-state index in [9.17, 15) is 0 Å². The molecule has 0 aliphatic carbocycles. The van der Waals surface area contributed by atoms with Crippen LogP contribution < -0.4 is 15.4 Å². The number of anilines is 2. The zero-order valence-electron chi connectivity index (χ0n) is 11.2. The van der Waals surface area contributed by atoms with Gasteiger partial charge in [-0.05, 0) is 32.1 Å². The summed E-state index contributed by atoms with van der Waals surface area (Å²) >= 11 is 1.98. The first kappa shape index (κ1) is 13.4. The first-order chi connectivity index (χ1) is 8.72. The standard InChI is InChI=1S/C14H22N2OS/c1-3-17-13-9-11(15)8-12(10-13)16-6-4-14(18-2)5-7-16/h8-10,14H,3-7,15H2,1-2H3. The van der Waals surface area contributed by atoms with Gasteiger partial charge in [-0.15, -0.1) is 0 Å². The largest absolute Gasteiger partial charge is 0.494 e. The van der Waals surface area contributed by atoms with Gasteiger partial charge in [0.2, 0.25) is 0 Å². The zero-order chi connectivity index (χ0) is 13.0. The molecule has 0 saturated carbocycles. The van der Waals surface area contributed by atoms with E-state index in [2.05, 4.69) is 17.2 Å². The van der Waals surface area contributed by atoms with E-state index < -0.39 is 0 Å².